The minimum Gasteiger partial charge on any atom is -0.508 e. The number of primary amides is 2. The van der Waals surface area contributed by atoms with E-state index in [1.807, 2.05) is 0 Å². The van der Waals surface area contributed by atoms with Crippen molar-refractivity contribution in [2.45, 2.75) is 148 Å². The van der Waals surface area contributed by atoms with Gasteiger partial charge in [0, 0.05) is 6.42 Å². The van der Waals surface area contributed by atoms with E-state index in [1.165, 1.54) is 24.3 Å². The summed E-state index contributed by atoms with van der Waals surface area (Å²) in [5.74, 6) is -11.2. The van der Waals surface area contributed by atoms with E-state index in [0.717, 1.165) is 0 Å². The van der Waals surface area contributed by atoms with Gasteiger partial charge >= 0.3 is 5.97 Å². The highest BCUT2D eigenvalue weighted by Crippen LogP contribution is 2.15. The molecule has 1 aromatic carbocycles. The number of unbranched alkanes of at least 4 members (excludes halogenated alkanes) is 1. The van der Waals surface area contributed by atoms with Crippen LogP contribution in [-0.4, -0.2) is 136 Å². The Balaban J connectivity index is 3.37. The van der Waals surface area contributed by atoms with Crippen LogP contribution in [0.4, 0.5) is 0 Å². The molecule has 0 bridgehead atoms. The Labute approximate surface area is 396 Å². The summed E-state index contributed by atoms with van der Waals surface area (Å²) in [5, 5.41) is 46.6. The fourth-order valence-electron chi connectivity index (χ4n) is 6.71. The van der Waals surface area contributed by atoms with Crippen LogP contribution in [0.1, 0.15) is 98.5 Å². The zero-order chi connectivity index (χ0) is 51.8. The summed E-state index contributed by atoms with van der Waals surface area (Å²) in [7, 11) is 0. The molecule has 0 aromatic heterocycles. The summed E-state index contributed by atoms with van der Waals surface area (Å²) in [6.45, 7) is 9.58. The predicted octanol–water partition coefficient (Wildman–Crippen LogP) is -3.25. The number of carbonyl (C=O) groups excluding carboxylic acids is 9. The second kappa shape index (κ2) is 30.1. The van der Waals surface area contributed by atoms with Gasteiger partial charge in [-0.3, -0.25) is 43.2 Å². The summed E-state index contributed by atoms with van der Waals surface area (Å²) >= 11 is 0. The van der Waals surface area contributed by atoms with Crippen molar-refractivity contribution in [1.29, 1.82) is 0 Å². The Morgan fingerprint density at radius 2 is 1.00 bits per heavy atom. The van der Waals surface area contributed by atoms with Crippen LogP contribution < -0.4 is 60.2 Å². The second-order valence-corrected chi connectivity index (χ2v) is 17.6. The number of benzene rings is 1. The van der Waals surface area contributed by atoms with Gasteiger partial charge in [0.05, 0.1) is 25.5 Å². The molecule has 1 aromatic rings. The summed E-state index contributed by atoms with van der Waals surface area (Å²) in [5.41, 5.74) is 22.8. The first kappa shape index (κ1) is 59.6. The number of nitrogens with one attached hydrogen (secondary N) is 7. The molecule has 0 aliphatic heterocycles. The summed E-state index contributed by atoms with van der Waals surface area (Å²) in [4.78, 5) is 131. The molecule has 0 fully saturated rings. The first-order valence-corrected chi connectivity index (χ1v) is 22.6. The average molecular weight is 964 g/mol. The predicted molar refractivity (Wildman–Crippen MR) is 247 cm³/mol. The molecule has 18 N–H and O–H groups in total. The molecule has 0 heterocycles. The van der Waals surface area contributed by atoms with Gasteiger partial charge in [-0.2, -0.15) is 0 Å². The molecular weight excluding hydrogens is 891 g/mol. The van der Waals surface area contributed by atoms with Gasteiger partial charge < -0.3 is 75.5 Å². The summed E-state index contributed by atoms with van der Waals surface area (Å²) in [6, 6.07) is -5.75. The molecule has 24 heteroatoms. The molecule has 0 saturated heterocycles. The number of carboxylic acids is 1. The molecule has 1 rings (SSSR count). The number of nitrogens with two attached hydrogens (primary N) is 4. The number of hydrogen-bond acceptors (Lipinski definition) is 14. The van der Waals surface area contributed by atoms with Gasteiger partial charge in [0.1, 0.15) is 48.0 Å². The highest BCUT2D eigenvalue weighted by molar-refractivity contribution is 5.99. The lowest BCUT2D eigenvalue weighted by Gasteiger charge is -2.29. The molecule has 0 aliphatic rings. The normalized spacial score (nSPS) is 15.2. The number of rotatable bonds is 32. The standard InChI is InChI=1S/C44H73N11O13/c1-7-24(6)36(43(66)52-29(17-23(4)5)39(62)53-32(44(67)68)20-35(48)59)55-42(65)33(21-56)54-41(64)31(19-34(47)58)51-38(61)28(16-22(2)3)50-40(63)30(18-25-11-13-26(57)14-12-25)49-37(60)27(46)10-8-9-15-45/h11-14,22-24,27-33,36,56-57H,7-10,15-21,45-46H2,1-6H3,(H2,47,58)(H2,48,59)(H,49,60)(H,50,63)(H,51,61)(H,52,66)(H,53,62)(H,54,64)(H,55,65)(H,67,68)/t24-,27-,28-,29-,30-,31-,32-,33-,36-/m0/s1. The van der Waals surface area contributed by atoms with Crippen molar-refractivity contribution in [3.63, 3.8) is 0 Å². The van der Waals surface area contributed by atoms with E-state index in [1.54, 1.807) is 41.5 Å². The Kier molecular flexibility index (Phi) is 26.4. The fourth-order valence-corrected chi connectivity index (χ4v) is 6.71. The molecule has 0 aliphatic carbocycles. The van der Waals surface area contributed by atoms with Gasteiger partial charge in [0.25, 0.3) is 0 Å². The Bertz CT molecular complexity index is 1880. The molecule has 9 atom stereocenters. The lowest BCUT2D eigenvalue weighted by Crippen LogP contribution is -2.62. The van der Waals surface area contributed by atoms with Crippen LogP contribution in [0.25, 0.3) is 0 Å². The molecule has 24 nitrogen and oxygen atoms in total. The maximum Gasteiger partial charge on any atom is 0.326 e. The summed E-state index contributed by atoms with van der Waals surface area (Å²) in [6.07, 6.45) is 0.141. The zero-order valence-electron chi connectivity index (χ0n) is 39.7. The van der Waals surface area contributed by atoms with E-state index in [9.17, 15) is 63.3 Å². The molecule has 9 amide bonds. The van der Waals surface area contributed by atoms with Crippen LogP contribution in [-0.2, 0) is 54.4 Å². The average Bonchev–Trinajstić information content (AvgIpc) is 3.25. The monoisotopic (exact) mass is 964 g/mol. The topological polar surface area (TPSA) is 420 Å². The largest absolute Gasteiger partial charge is 0.508 e. The first-order chi connectivity index (χ1) is 31.8. The Hall–Kier alpha value is -6.40. The van der Waals surface area contributed by atoms with Crippen LogP contribution in [0.15, 0.2) is 24.3 Å². The highest BCUT2D eigenvalue weighted by atomic mass is 16.4. The van der Waals surface area contributed by atoms with Crippen molar-refractivity contribution < 1.29 is 63.3 Å². The van der Waals surface area contributed by atoms with E-state index in [4.69, 9.17) is 22.9 Å². The van der Waals surface area contributed by atoms with E-state index >= 15 is 0 Å². The SMILES string of the molecule is CC[C@H](C)[C@H](NC(=O)[C@H](CO)NC(=O)[C@H](CC(N)=O)NC(=O)[C@H](CC(C)C)NC(=O)[C@H](Cc1ccc(O)cc1)NC(=O)[C@@H](N)CCCCN)C(=O)N[C@@H](CC(C)C)C(=O)N[C@@H](CC(N)=O)C(=O)O. The fraction of sp³-hybridized carbons (Fsp3) is 0.636. The van der Waals surface area contributed by atoms with Crippen molar-refractivity contribution in [2.75, 3.05) is 13.2 Å². The number of carbonyl (C=O) groups is 10. The zero-order valence-corrected chi connectivity index (χ0v) is 39.7. The third-order valence-electron chi connectivity index (χ3n) is 10.7. The van der Waals surface area contributed by atoms with Crippen LogP contribution in [0, 0.1) is 17.8 Å². The molecule has 0 spiro atoms. The quantitative estimate of drug-likeness (QED) is 0.0316. The highest BCUT2D eigenvalue weighted by Gasteiger charge is 2.36. The molecule has 0 saturated carbocycles. The number of aliphatic hydroxyl groups is 1. The molecule has 68 heavy (non-hydrogen) atoms. The smallest absolute Gasteiger partial charge is 0.326 e. The van der Waals surface area contributed by atoms with Crippen molar-refractivity contribution >= 4 is 59.1 Å². The number of phenolic OH excluding ortho intramolecular Hbond substituents is 1. The van der Waals surface area contributed by atoms with Gasteiger partial charge in [-0.15, -0.1) is 0 Å². The third-order valence-corrected chi connectivity index (χ3v) is 10.7. The Morgan fingerprint density at radius 3 is 1.47 bits per heavy atom. The molecule has 0 radical (unpaired) electrons. The summed E-state index contributed by atoms with van der Waals surface area (Å²) < 4.78 is 0. The number of aliphatic carboxylic acids is 1. The van der Waals surface area contributed by atoms with Gasteiger partial charge in [-0.05, 0) is 67.7 Å². The molecule has 382 valence electrons. The number of amides is 9. The first-order valence-electron chi connectivity index (χ1n) is 22.6. The maximum absolute atomic E-state index is 13.9. The van der Waals surface area contributed by atoms with Crippen LogP contribution >= 0.6 is 0 Å². The van der Waals surface area contributed by atoms with Crippen LogP contribution in [0.3, 0.4) is 0 Å². The van der Waals surface area contributed by atoms with Gasteiger partial charge in [0.2, 0.25) is 53.2 Å². The van der Waals surface area contributed by atoms with E-state index in [2.05, 4.69) is 37.2 Å². The van der Waals surface area contributed by atoms with Crippen molar-refractivity contribution in [3.05, 3.63) is 29.8 Å². The van der Waals surface area contributed by atoms with E-state index in [-0.39, 0.29) is 43.3 Å². The maximum atomic E-state index is 13.9. The number of phenols is 1. The number of aromatic hydroxyl groups is 1. The van der Waals surface area contributed by atoms with E-state index in [0.29, 0.717) is 31.4 Å². The number of aliphatic hydroxyl groups excluding tert-OH is 1. The van der Waals surface area contributed by atoms with Gasteiger partial charge in [-0.1, -0.05) is 66.5 Å². The minimum absolute atomic E-state index is 0.00506. The van der Waals surface area contributed by atoms with Crippen molar-refractivity contribution in [2.24, 2.45) is 40.7 Å². The lowest BCUT2D eigenvalue weighted by molar-refractivity contribution is -0.144. The van der Waals surface area contributed by atoms with Crippen molar-refractivity contribution in [3.8, 4) is 5.75 Å². The molecule has 0 unspecified atom stereocenters. The van der Waals surface area contributed by atoms with Crippen LogP contribution in [0.2, 0.25) is 0 Å². The molecular formula is C44H73N11O13. The lowest BCUT2D eigenvalue weighted by atomic mass is 9.96. The Morgan fingerprint density at radius 1 is 0.574 bits per heavy atom. The van der Waals surface area contributed by atoms with Gasteiger partial charge in [0.15, 0.2) is 0 Å². The minimum atomic E-state index is -1.79. The second-order valence-electron chi connectivity index (χ2n) is 17.6. The third kappa shape index (κ3) is 21.9. The van der Waals surface area contributed by atoms with Crippen molar-refractivity contribution in [1.82, 2.24) is 37.2 Å². The van der Waals surface area contributed by atoms with Crippen LogP contribution in [0.5, 0.6) is 5.75 Å². The van der Waals surface area contributed by atoms with Gasteiger partial charge in [-0.25, -0.2) is 4.79 Å². The van der Waals surface area contributed by atoms with E-state index < -0.39 is 133 Å². The number of carboxylic acid groups (broad SMARTS) is 1. The number of hydrogen-bond donors (Lipinski definition) is 14.